The fourth-order valence-corrected chi connectivity index (χ4v) is 1.23. The summed E-state index contributed by atoms with van der Waals surface area (Å²) in [7, 11) is 0. The fourth-order valence-electron chi connectivity index (χ4n) is 0.843. The number of alkyl halides is 5. The zero-order valence-electron chi connectivity index (χ0n) is 7.23. The van der Waals surface area contributed by atoms with Gasteiger partial charge in [-0.1, -0.05) is 0 Å². The van der Waals surface area contributed by atoms with Gasteiger partial charge in [-0.25, -0.2) is 13.8 Å². The molecule has 0 radical (unpaired) electrons. The Bertz CT molecular complexity index is 395. The zero-order chi connectivity index (χ0) is 12.5. The van der Waals surface area contributed by atoms with Crippen molar-refractivity contribution in [1.29, 1.82) is 0 Å². The van der Waals surface area contributed by atoms with E-state index in [-0.39, 0.29) is 0 Å². The van der Waals surface area contributed by atoms with Crippen LogP contribution in [0, 0.1) is 0 Å². The van der Waals surface area contributed by atoms with Gasteiger partial charge in [0.25, 0.3) is 6.43 Å². The molecule has 1 heterocycles. The summed E-state index contributed by atoms with van der Waals surface area (Å²) in [5.74, 6) is -1.98. The van der Waals surface area contributed by atoms with E-state index in [4.69, 9.17) is 5.11 Å². The molecular formula is C7H3BrF5NO2. The number of nitrogens with zero attached hydrogens (tertiary/aromatic N) is 1. The van der Waals surface area contributed by atoms with Crippen molar-refractivity contribution in [3.05, 3.63) is 16.4 Å². The van der Waals surface area contributed by atoms with Crippen molar-refractivity contribution in [3.8, 4) is 11.5 Å². The summed E-state index contributed by atoms with van der Waals surface area (Å²) in [5.41, 5.74) is -1.21. The molecule has 0 bridgehead atoms. The van der Waals surface area contributed by atoms with E-state index in [2.05, 4.69) is 25.7 Å². The van der Waals surface area contributed by atoms with Gasteiger partial charge in [0.15, 0.2) is 11.5 Å². The van der Waals surface area contributed by atoms with Gasteiger partial charge in [-0.3, -0.25) is 0 Å². The molecule has 3 nitrogen and oxygen atoms in total. The van der Waals surface area contributed by atoms with Crippen LogP contribution in [0.1, 0.15) is 12.1 Å². The highest BCUT2D eigenvalue weighted by Gasteiger charge is 2.35. The summed E-state index contributed by atoms with van der Waals surface area (Å²) in [6, 6.07) is 0. The summed E-state index contributed by atoms with van der Waals surface area (Å²) < 4.78 is 63.0. The molecule has 0 spiro atoms. The van der Waals surface area contributed by atoms with Crippen molar-refractivity contribution in [1.82, 2.24) is 4.98 Å². The summed E-state index contributed by atoms with van der Waals surface area (Å²) in [6.45, 7) is 0. The molecule has 0 atom stereocenters. The Kier molecular flexibility index (Phi) is 3.56. The van der Waals surface area contributed by atoms with Crippen LogP contribution >= 0.6 is 15.9 Å². The van der Waals surface area contributed by atoms with Crippen LogP contribution in [0.25, 0.3) is 0 Å². The van der Waals surface area contributed by atoms with Crippen molar-refractivity contribution >= 4 is 15.9 Å². The Labute approximate surface area is 94.0 Å². The maximum atomic E-state index is 12.3. The third-order valence-corrected chi connectivity index (χ3v) is 2.17. The molecule has 16 heavy (non-hydrogen) atoms. The maximum absolute atomic E-state index is 12.3. The molecule has 9 heteroatoms. The Balaban J connectivity index is 3.26. The predicted octanol–water partition coefficient (Wildman–Crippen LogP) is 3.39. The zero-order valence-corrected chi connectivity index (χ0v) is 8.81. The summed E-state index contributed by atoms with van der Waals surface area (Å²) in [4.78, 5) is 2.97. The molecule has 1 N–H and O–H groups in total. The van der Waals surface area contributed by atoms with E-state index in [1.54, 1.807) is 0 Å². The van der Waals surface area contributed by atoms with Gasteiger partial charge < -0.3 is 9.84 Å². The molecule has 1 rings (SSSR count). The monoisotopic (exact) mass is 307 g/mol. The summed E-state index contributed by atoms with van der Waals surface area (Å²) in [6.07, 6.45) is -7.81. The molecule has 0 aliphatic heterocycles. The van der Waals surface area contributed by atoms with Crippen LogP contribution in [0.4, 0.5) is 22.0 Å². The molecule has 0 saturated carbocycles. The van der Waals surface area contributed by atoms with Crippen LogP contribution in [-0.4, -0.2) is 16.5 Å². The number of aromatic nitrogens is 1. The normalized spacial score (nSPS) is 11.9. The standard InChI is InChI=1S/C7H3BrF5NO2/c8-3-2(15)1-14-4(6(9)10)5(3)16-7(11,12)13/h1,6,15H. The lowest BCUT2D eigenvalue weighted by atomic mass is 10.3. The van der Waals surface area contributed by atoms with E-state index < -0.39 is 34.5 Å². The molecule has 0 fully saturated rings. The number of aromatic hydroxyl groups is 1. The third kappa shape index (κ3) is 2.94. The van der Waals surface area contributed by atoms with Crippen molar-refractivity contribution in [2.45, 2.75) is 12.8 Å². The van der Waals surface area contributed by atoms with Gasteiger partial charge >= 0.3 is 6.36 Å². The number of halogens is 6. The Morgan fingerprint density at radius 1 is 1.38 bits per heavy atom. The SMILES string of the molecule is Oc1cnc(C(F)F)c(OC(F)(F)F)c1Br. The third-order valence-electron chi connectivity index (χ3n) is 1.41. The molecule has 1 aromatic heterocycles. The van der Waals surface area contributed by atoms with E-state index >= 15 is 0 Å². The molecule has 0 aromatic carbocycles. The van der Waals surface area contributed by atoms with Gasteiger partial charge in [0.2, 0.25) is 0 Å². The number of pyridine rings is 1. The molecular weight excluding hydrogens is 305 g/mol. The van der Waals surface area contributed by atoms with Crippen LogP contribution in [0.3, 0.4) is 0 Å². The average Bonchev–Trinajstić information content (AvgIpc) is 2.10. The number of hydrogen-bond acceptors (Lipinski definition) is 3. The Morgan fingerprint density at radius 2 is 1.94 bits per heavy atom. The van der Waals surface area contributed by atoms with E-state index in [0.29, 0.717) is 6.20 Å². The van der Waals surface area contributed by atoms with Crippen LogP contribution in [0.5, 0.6) is 11.5 Å². The summed E-state index contributed by atoms with van der Waals surface area (Å²) >= 11 is 2.50. The second-order valence-corrected chi connectivity index (χ2v) is 3.31. The topological polar surface area (TPSA) is 42.4 Å². The second kappa shape index (κ2) is 4.40. The van der Waals surface area contributed by atoms with E-state index in [1.165, 1.54) is 0 Å². The van der Waals surface area contributed by atoms with Crippen molar-refractivity contribution in [2.75, 3.05) is 0 Å². The molecule has 90 valence electrons. The van der Waals surface area contributed by atoms with Gasteiger partial charge in [-0.05, 0) is 15.9 Å². The quantitative estimate of drug-likeness (QED) is 0.852. The first-order valence-corrected chi connectivity index (χ1v) is 4.43. The van der Waals surface area contributed by atoms with Gasteiger partial charge in [0.05, 0.1) is 6.20 Å². The largest absolute Gasteiger partial charge is 0.573 e. The molecule has 0 amide bonds. The van der Waals surface area contributed by atoms with Crippen LogP contribution in [0.2, 0.25) is 0 Å². The van der Waals surface area contributed by atoms with Crippen molar-refractivity contribution in [3.63, 3.8) is 0 Å². The number of hydrogen-bond donors (Lipinski definition) is 1. The van der Waals surface area contributed by atoms with Gasteiger partial charge in [0, 0.05) is 0 Å². The lowest BCUT2D eigenvalue weighted by Gasteiger charge is -2.14. The smallest absolute Gasteiger partial charge is 0.505 e. The Hall–Kier alpha value is -1.12. The first-order valence-electron chi connectivity index (χ1n) is 3.63. The second-order valence-electron chi connectivity index (χ2n) is 2.52. The fraction of sp³-hybridized carbons (Fsp3) is 0.286. The minimum Gasteiger partial charge on any atom is -0.505 e. The maximum Gasteiger partial charge on any atom is 0.573 e. The Morgan fingerprint density at radius 3 is 2.38 bits per heavy atom. The molecule has 1 aromatic rings. The van der Waals surface area contributed by atoms with Gasteiger partial charge in [-0.2, -0.15) is 0 Å². The molecule has 0 aliphatic rings. The highest BCUT2D eigenvalue weighted by Crippen LogP contribution is 2.41. The average molecular weight is 308 g/mol. The minimum absolute atomic E-state index is 0.592. The number of ether oxygens (including phenoxy) is 1. The van der Waals surface area contributed by atoms with E-state index in [9.17, 15) is 22.0 Å². The molecule has 0 saturated heterocycles. The van der Waals surface area contributed by atoms with Crippen molar-refractivity contribution < 1.29 is 31.8 Å². The first kappa shape index (κ1) is 12.9. The molecule has 0 unspecified atom stereocenters. The van der Waals surface area contributed by atoms with Crippen LogP contribution in [-0.2, 0) is 0 Å². The van der Waals surface area contributed by atoms with Gasteiger partial charge in [-0.15, -0.1) is 13.2 Å². The lowest BCUT2D eigenvalue weighted by Crippen LogP contribution is -2.19. The van der Waals surface area contributed by atoms with Gasteiger partial charge in [0.1, 0.15) is 10.2 Å². The van der Waals surface area contributed by atoms with E-state index in [1.807, 2.05) is 0 Å². The van der Waals surface area contributed by atoms with E-state index in [0.717, 1.165) is 0 Å². The van der Waals surface area contributed by atoms with Crippen LogP contribution < -0.4 is 4.74 Å². The highest BCUT2D eigenvalue weighted by molar-refractivity contribution is 9.10. The molecule has 0 aliphatic carbocycles. The summed E-state index contributed by atoms with van der Waals surface area (Å²) in [5, 5.41) is 9.00. The first-order chi connectivity index (χ1) is 7.22. The lowest BCUT2D eigenvalue weighted by molar-refractivity contribution is -0.275. The predicted molar refractivity (Wildman–Crippen MR) is 45.2 cm³/mol. The number of rotatable bonds is 2. The highest BCUT2D eigenvalue weighted by atomic mass is 79.9. The van der Waals surface area contributed by atoms with Crippen LogP contribution in [0.15, 0.2) is 10.7 Å². The van der Waals surface area contributed by atoms with Crippen molar-refractivity contribution in [2.24, 2.45) is 0 Å². The minimum atomic E-state index is -5.15.